The van der Waals surface area contributed by atoms with E-state index in [2.05, 4.69) is 49.9 Å². The van der Waals surface area contributed by atoms with Crippen LogP contribution in [0.3, 0.4) is 0 Å². The van der Waals surface area contributed by atoms with E-state index in [1.807, 2.05) is 42.7 Å². The van der Waals surface area contributed by atoms with E-state index >= 15 is 0 Å². The van der Waals surface area contributed by atoms with Gasteiger partial charge in [-0.3, -0.25) is 4.57 Å². The molecule has 0 atom stereocenters. The molecule has 2 heterocycles. The van der Waals surface area contributed by atoms with Crippen molar-refractivity contribution in [3.8, 4) is 22.8 Å². The molecule has 0 saturated heterocycles. The molecule has 0 aliphatic rings. The summed E-state index contributed by atoms with van der Waals surface area (Å²) in [6.45, 7) is 0. The molecule has 0 radical (unpaired) electrons. The monoisotopic (exact) mass is 340 g/mol. The number of hydrogen-bond donors (Lipinski definition) is 1. The summed E-state index contributed by atoms with van der Waals surface area (Å²) in [7, 11) is 1.66. The van der Waals surface area contributed by atoms with Gasteiger partial charge in [0.05, 0.1) is 29.2 Å². The normalized spacial score (nSPS) is 11.3. The van der Waals surface area contributed by atoms with Crippen LogP contribution in [0.15, 0.2) is 73.1 Å². The minimum atomic E-state index is 0.815. The zero-order valence-corrected chi connectivity index (χ0v) is 14.2. The first-order valence-electron chi connectivity index (χ1n) is 8.38. The van der Waals surface area contributed by atoms with Crippen LogP contribution in [0.5, 0.6) is 5.75 Å². The summed E-state index contributed by atoms with van der Waals surface area (Å²) in [5.74, 6) is 1.66. The topological polar surface area (TPSA) is 55.7 Å². The summed E-state index contributed by atoms with van der Waals surface area (Å²) in [6.07, 6.45) is 1.85. The van der Waals surface area contributed by atoms with Crippen molar-refractivity contribution >= 4 is 22.1 Å². The lowest BCUT2D eigenvalue weighted by atomic mass is 10.2. The number of imidazole rings is 2. The van der Waals surface area contributed by atoms with Crippen molar-refractivity contribution in [3.05, 3.63) is 73.1 Å². The van der Waals surface area contributed by atoms with Gasteiger partial charge in [0, 0.05) is 17.3 Å². The van der Waals surface area contributed by atoms with Crippen LogP contribution < -0.4 is 4.74 Å². The Kier molecular flexibility index (Phi) is 3.25. The fraction of sp³-hybridized carbons (Fsp3) is 0.0476. The summed E-state index contributed by atoms with van der Waals surface area (Å²) in [4.78, 5) is 12.5. The SMILES string of the molecule is COc1ccc2nc(-c3ccc(-n4cnc5ccccc54)cc3)[nH]c2c1. The van der Waals surface area contributed by atoms with Crippen LogP contribution >= 0.6 is 0 Å². The first kappa shape index (κ1) is 14.7. The fourth-order valence-corrected chi connectivity index (χ4v) is 3.20. The summed E-state index contributed by atoms with van der Waals surface area (Å²) in [5, 5.41) is 0. The second-order valence-corrected chi connectivity index (χ2v) is 6.12. The zero-order chi connectivity index (χ0) is 17.5. The van der Waals surface area contributed by atoms with E-state index in [9.17, 15) is 0 Å². The molecule has 0 fully saturated rings. The van der Waals surface area contributed by atoms with Crippen molar-refractivity contribution in [3.63, 3.8) is 0 Å². The summed E-state index contributed by atoms with van der Waals surface area (Å²) in [5.41, 5.74) is 6.07. The van der Waals surface area contributed by atoms with Gasteiger partial charge in [-0.15, -0.1) is 0 Å². The van der Waals surface area contributed by atoms with E-state index in [1.54, 1.807) is 7.11 Å². The number of ether oxygens (including phenoxy) is 1. The van der Waals surface area contributed by atoms with Crippen LogP contribution in [0.2, 0.25) is 0 Å². The van der Waals surface area contributed by atoms with Gasteiger partial charge in [0.1, 0.15) is 17.9 Å². The Bertz CT molecular complexity index is 1220. The summed E-state index contributed by atoms with van der Waals surface area (Å²) >= 11 is 0. The molecule has 126 valence electrons. The summed E-state index contributed by atoms with van der Waals surface area (Å²) < 4.78 is 7.36. The lowest BCUT2D eigenvalue weighted by Crippen LogP contribution is -1.91. The highest BCUT2D eigenvalue weighted by molar-refractivity contribution is 5.81. The highest BCUT2D eigenvalue weighted by Crippen LogP contribution is 2.25. The molecule has 0 amide bonds. The third kappa shape index (κ3) is 2.33. The van der Waals surface area contributed by atoms with Crippen molar-refractivity contribution in [2.75, 3.05) is 7.11 Å². The van der Waals surface area contributed by atoms with Crippen molar-refractivity contribution in [1.82, 2.24) is 19.5 Å². The molecule has 1 N–H and O–H groups in total. The Morgan fingerprint density at radius 3 is 2.62 bits per heavy atom. The number of aromatic amines is 1. The van der Waals surface area contributed by atoms with Gasteiger partial charge >= 0.3 is 0 Å². The average molecular weight is 340 g/mol. The Labute approximate surface area is 149 Å². The number of aromatic nitrogens is 4. The van der Waals surface area contributed by atoms with Crippen LogP contribution in [-0.2, 0) is 0 Å². The summed E-state index contributed by atoms with van der Waals surface area (Å²) in [6, 6.07) is 22.2. The zero-order valence-electron chi connectivity index (χ0n) is 14.2. The number of benzene rings is 3. The molecule has 0 aliphatic heterocycles. The standard InChI is InChI=1S/C21H16N4O/c1-26-16-10-11-17-19(12-16)24-21(23-17)14-6-8-15(9-7-14)25-13-22-18-4-2-3-5-20(18)25/h2-13H,1H3,(H,23,24). The molecule has 2 aromatic heterocycles. The van der Waals surface area contributed by atoms with Gasteiger partial charge in [0.15, 0.2) is 0 Å². The maximum absolute atomic E-state index is 5.27. The molecule has 5 heteroatoms. The van der Waals surface area contributed by atoms with E-state index in [0.29, 0.717) is 0 Å². The lowest BCUT2D eigenvalue weighted by Gasteiger charge is -2.05. The lowest BCUT2D eigenvalue weighted by molar-refractivity contribution is 0.415. The highest BCUT2D eigenvalue weighted by atomic mass is 16.5. The van der Waals surface area contributed by atoms with E-state index in [0.717, 1.165) is 44.9 Å². The quantitative estimate of drug-likeness (QED) is 0.523. The van der Waals surface area contributed by atoms with E-state index in [-0.39, 0.29) is 0 Å². The molecule has 5 rings (SSSR count). The number of fused-ring (bicyclic) bond motifs is 2. The van der Waals surface area contributed by atoms with Gasteiger partial charge in [-0.05, 0) is 48.5 Å². The predicted octanol–water partition coefficient (Wildman–Crippen LogP) is 4.58. The van der Waals surface area contributed by atoms with Gasteiger partial charge in [-0.1, -0.05) is 12.1 Å². The molecule has 0 saturated carbocycles. The maximum atomic E-state index is 5.27. The minimum absolute atomic E-state index is 0.815. The Morgan fingerprint density at radius 1 is 0.923 bits per heavy atom. The number of H-pyrrole nitrogens is 1. The molecule has 3 aromatic carbocycles. The Hall–Kier alpha value is -3.60. The van der Waals surface area contributed by atoms with E-state index in [4.69, 9.17) is 4.74 Å². The van der Waals surface area contributed by atoms with Crippen LogP contribution in [-0.4, -0.2) is 26.6 Å². The van der Waals surface area contributed by atoms with Gasteiger partial charge in [-0.2, -0.15) is 0 Å². The van der Waals surface area contributed by atoms with Crippen molar-refractivity contribution in [2.24, 2.45) is 0 Å². The van der Waals surface area contributed by atoms with Crippen molar-refractivity contribution in [2.45, 2.75) is 0 Å². The number of rotatable bonds is 3. The number of hydrogen-bond acceptors (Lipinski definition) is 3. The van der Waals surface area contributed by atoms with Crippen LogP contribution in [0, 0.1) is 0 Å². The fourth-order valence-electron chi connectivity index (χ4n) is 3.20. The largest absolute Gasteiger partial charge is 0.497 e. The van der Waals surface area contributed by atoms with Gasteiger partial charge in [0.25, 0.3) is 0 Å². The second-order valence-electron chi connectivity index (χ2n) is 6.12. The molecule has 0 bridgehead atoms. The second kappa shape index (κ2) is 5.74. The number of para-hydroxylation sites is 2. The molecule has 0 spiro atoms. The number of nitrogens with zero attached hydrogens (tertiary/aromatic N) is 3. The smallest absolute Gasteiger partial charge is 0.138 e. The molecule has 0 aliphatic carbocycles. The third-order valence-electron chi connectivity index (χ3n) is 4.56. The van der Waals surface area contributed by atoms with E-state index < -0.39 is 0 Å². The highest BCUT2D eigenvalue weighted by Gasteiger charge is 2.08. The third-order valence-corrected chi connectivity index (χ3v) is 4.56. The predicted molar refractivity (Wildman–Crippen MR) is 103 cm³/mol. The first-order valence-corrected chi connectivity index (χ1v) is 8.38. The average Bonchev–Trinajstić information content (AvgIpc) is 3.31. The molecule has 26 heavy (non-hydrogen) atoms. The van der Waals surface area contributed by atoms with Gasteiger partial charge in [0.2, 0.25) is 0 Å². The Balaban J connectivity index is 1.53. The molecule has 5 nitrogen and oxygen atoms in total. The molecule has 5 aromatic rings. The number of methoxy groups -OCH3 is 1. The number of nitrogens with one attached hydrogen (secondary N) is 1. The van der Waals surface area contributed by atoms with Crippen molar-refractivity contribution in [1.29, 1.82) is 0 Å². The first-order chi connectivity index (χ1) is 12.8. The van der Waals surface area contributed by atoms with Crippen LogP contribution in [0.1, 0.15) is 0 Å². The van der Waals surface area contributed by atoms with Crippen LogP contribution in [0.25, 0.3) is 39.1 Å². The molecule has 0 unspecified atom stereocenters. The molecular weight excluding hydrogens is 324 g/mol. The van der Waals surface area contributed by atoms with Crippen molar-refractivity contribution < 1.29 is 4.74 Å². The van der Waals surface area contributed by atoms with Crippen LogP contribution in [0.4, 0.5) is 0 Å². The maximum Gasteiger partial charge on any atom is 0.138 e. The van der Waals surface area contributed by atoms with Gasteiger partial charge < -0.3 is 9.72 Å². The minimum Gasteiger partial charge on any atom is -0.497 e. The van der Waals surface area contributed by atoms with Gasteiger partial charge in [-0.25, -0.2) is 9.97 Å². The molecular formula is C21H16N4O. The van der Waals surface area contributed by atoms with E-state index in [1.165, 1.54) is 0 Å². The Morgan fingerprint density at radius 2 is 1.77 bits per heavy atom.